The molecule has 1 saturated heterocycles. The molecule has 9 nitrogen and oxygen atoms in total. The van der Waals surface area contributed by atoms with Gasteiger partial charge >= 0.3 is 6.01 Å². The van der Waals surface area contributed by atoms with Crippen molar-refractivity contribution >= 4 is 32.6 Å². The average Bonchev–Trinajstić information content (AvgIpc) is 3.09. The van der Waals surface area contributed by atoms with Gasteiger partial charge in [0.05, 0.1) is 28.9 Å². The van der Waals surface area contributed by atoms with Crippen molar-refractivity contribution in [2.45, 2.75) is 26.3 Å². The Labute approximate surface area is 180 Å². The van der Waals surface area contributed by atoms with Crippen LogP contribution in [0.25, 0.3) is 10.9 Å². The number of aryl methyl sites for hydroxylation is 1. The number of pyridine rings is 1. The number of nitrogens with one attached hydrogen (secondary N) is 1. The van der Waals surface area contributed by atoms with Gasteiger partial charge in [0.1, 0.15) is 30.6 Å². The van der Waals surface area contributed by atoms with E-state index in [1.165, 1.54) is 4.31 Å². The molecular weight excluding hydrogens is 418 g/mol. The van der Waals surface area contributed by atoms with Gasteiger partial charge in [0.2, 0.25) is 10.0 Å². The molecule has 3 aromatic rings. The number of para-hydroxylation sites is 1. The number of hydrogen-bond acceptors (Lipinski definition) is 8. The first-order chi connectivity index (χ1) is 14.9. The van der Waals surface area contributed by atoms with E-state index in [4.69, 9.17) is 9.47 Å². The second-order valence-corrected chi connectivity index (χ2v) is 9.68. The molecule has 0 amide bonds. The smallest absolute Gasteiger partial charge is 0.319 e. The Bertz CT molecular complexity index is 1260. The first-order valence-corrected chi connectivity index (χ1v) is 11.8. The van der Waals surface area contributed by atoms with Crippen molar-refractivity contribution in [3.05, 3.63) is 41.6 Å². The molecule has 2 aliphatic rings. The predicted molar refractivity (Wildman–Crippen MR) is 117 cm³/mol. The van der Waals surface area contributed by atoms with Crippen molar-refractivity contribution in [1.29, 1.82) is 0 Å². The first-order valence-electron chi connectivity index (χ1n) is 10.2. The summed E-state index contributed by atoms with van der Waals surface area (Å²) >= 11 is 0. The highest BCUT2D eigenvalue weighted by Gasteiger charge is 2.31. The summed E-state index contributed by atoms with van der Waals surface area (Å²) in [6, 6.07) is 7.93. The topological polar surface area (TPSA) is 107 Å². The highest BCUT2D eigenvalue weighted by Crippen LogP contribution is 2.36. The van der Waals surface area contributed by atoms with Crippen LogP contribution in [0.4, 0.5) is 11.6 Å². The van der Waals surface area contributed by atoms with Crippen LogP contribution in [-0.2, 0) is 10.0 Å². The number of sulfonamides is 1. The fourth-order valence-corrected chi connectivity index (χ4v) is 5.65. The fraction of sp³-hybridized carbons (Fsp3) is 0.381. The number of hydrogen-bond donors (Lipinski definition) is 1. The molecular formula is C21H23N5O4S. The highest BCUT2D eigenvalue weighted by atomic mass is 32.2. The van der Waals surface area contributed by atoms with Gasteiger partial charge in [-0.25, -0.2) is 13.4 Å². The van der Waals surface area contributed by atoms with E-state index in [-0.39, 0.29) is 17.8 Å². The van der Waals surface area contributed by atoms with Crippen LogP contribution in [0.15, 0.2) is 30.5 Å². The van der Waals surface area contributed by atoms with E-state index >= 15 is 0 Å². The lowest BCUT2D eigenvalue weighted by molar-refractivity contribution is 0.206. The number of nitrogens with zero attached hydrogens (tertiary/aromatic N) is 4. The monoisotopic (exact) mass is 441 g/mol. The van der Waals surface area contributed by atoms with Crippen LogP contribution in [0.5, 0.6) is 11.8 Å². The second-order valence-electron chi connectivity index (χ2n) is 7.66. The van der Waals surface area contributed by atoms with Gasteiger partial charge in [-0.15, -0.1) is 0 Å². The van der Waals surface area contributed by atoms with Crippen molar-refractivity contribution in [2.75, 3.05) is 35.1 Å². The summed E-state index contributed by atoms with van der Waals surface area (Å²) in [7, 11) is -3.36. The minimum Gasteiger partial charge on any atom is -0.490 e. The number of aromatic nitrogens is 3. The normalized spacial score (nSPS) is 20.2. The Hall–Kier alpha value is -3.14. The first kappa shape index (κ1) is 19.8. The largest absolute Gasteiger partial charge is 0.490 e. The summed E-state index contributed by atoms with van der Waals surface area (Å²) in [5, 5.41) is 4.18. The van der Waals surface area contributed by atoms with Crippen molar-refractivity contribution in [2.24, 2.45) is 0 Å². The Morgan fingerprint density at radius 3 is 2.77 bits per heavy atom. The predicted octanol–water partition coefficient (Wildman–Crippen LogP) is 2.82. The molecule has 2 aliphatic heterocycles. The van der Waals surface area contributed by atoms with E-state index < -0.39 is 10.0 Å². The molecule has 1 fully saturated rings. The number of fused-ring (bicyclic) bond motifs is 5. The minimum atomic E-state index is -3.36. The molecule has 0 radical (unpaired) electrons. The fourth-order valence-electron chi connectivity index (χ4n) is 4.09. The third-order valence-corrected chi connectivity index (χ3v) is 7.41. The zero-order valence-electron chi connectivity index (χ0n) is 17.3. The van der Waals surface area contributed by atoms with E-state index in [0.29, 0.717) is 48.9 Å². The van der Waals surface area contributed by atoms with E-state index in [9.17, 15) is 8.42 Å². The molecule has 4 heterocycles. The van der Waals surface area contributed by atoms with Gasteiger partial charge in [-0.05, 0) is 26.3 Å². The van der Waals surface area contributed by atoms with E-state index in [1.54, 1.807) is 6.20 Å². The van der Waals surface area contributed by atoms with E-state index in [0.717, 1.165) is 16.7 Å². The van der Waals surface area contributed by atoms with E-state index in [1.807, 2.05) is 38.1 Å². The third kappa shape index (κ3) is 3.50. The van der Waals surface area contributed by atoms with Crippen molar-refractivity contribution in [1.82, 2.24) is 15.0 Å². The molecule has 0 saturated carbocycles. The molecule has 10 heteroatoms. The summed E-state index contributed by atoms with van der Waals surface area (Å²) in [4.78, 5) is 13.5. The maximum absolute atomic E-state index is 12.5. The summed E-state index contributed by atoms with van der Waals surface area (Å²) in [6.07, 6.45) is 2.17. The number of benzene rings is 1. The van der Waals surface area contributed by atoms with Crippen LogP contribution < -0.4 is 19.1 Å². The Morgan fingerprint density at radius 1 is 1.16 bits per heavy atom. The average molecular weight is 442 g/mol. The summed E-state index contributed by atoms with van der Waals surface area (Å²) < 4.78 is 38.0. The van der Waals surface area contributed by atoms with Crippen LogP contribution >= 0.6 is 0 Å². The van der Waals surface area contributed by atoms with Gasteiger partial charge in [-0.2, -0.15) is 9.97 Å². The number of anilines is 2. The SMILES string of the molecule is Cc1c(N2CCCS2(=O)=O)ncc2nc3nc(c12)N[C@H](C)c1ccccc1OCCO3. The molecule has 31 heavy (non-hydrogen) atoms. The molecule has 1 aromatic carbocycles. The molecule has 2 bridgehead atoms. The van der Waals surface area contributed by atoms with Crippen LogP contribution in [0, 0.1) is 6.92 Å². The lowest BCUT2D eigenvalue weighted by Gasteiger charge is -2.22. The molecule has 0 unspecified atom stereocenters. The van der Waals surface area contributed by atoms with Crippen LogP contribution in [0.3, 0.4) is 0 Å². The van der Waals surface area contributed by atoms with Gasteiger partial charge in [-0.1, -0.05) is 18.2 Å². The molecule has 0 spiro atoms. The van der Waals surface area contributed by atoms with Gasteiger partial charge < -0.3 is 14.8 Å². The van der Waals surface area contributed by atoms with Gasteiger partial charge in [0.15, 0.2) is 0 Å². The Balaban J connectivity index is 1.67. The zero-order valence-corrected chi connectivity index (χ0v) is 18.1. The molecule has 2 aromatic heterocycles. The zero-order chi connectivity index (χ0) is 21.6. The standard InChI is InChI=1S/C21H23N5O4S/c1-13-18-16(12-22-20(13)26-8-5-11-31(26,27)28)24-21-25-19(18)23-14(2)15-6-3-4-7-17(15)29-9-10-30-21/h3-4,6-7,12,14H,5,8-11H2,1-2H3,(H,23,24,25)/t14-/m1/s1. The van der Waals surface area contributed by atoms with Crippen molar-refractivity contribution in [3.63, 3.8) is 0 Å². The van der Waals surface area contributed by atoms with Crippen LogP contribution in [0.2, 0.25) is 0 Å². The summed E-state index contributed by atoms with van der Waals surface area (Å²) in [6.45, 7) is 4.96. The van der Waals surface area contributed by atoms with Crippen LogP contribution in [-0.4, -0.2) is 48.9 Å². The maximum atomic E-state index is 12.5. The van der Waals surface area contributed by atoms with Crippen molar-refractivity contribution in [3.8, 4) is 11.8 Å². The maximum Gasteiger partial charge on any atom is 0.319 e. The van der Waals surface area contributed by atoms with Gasteiger partial charge in [0, 0.05) is 17.7 Å². The van der Waals surface area contributed by atoms with Gasteiger partial charge in [0.25, 0.3) is 0 Å². The molecule has 5 rings (SSSR count). The lowest BCUT2D eigenvalue weighted by Crippen LogP contribution is -2.27. The lowest BCUT2D eigenvalue weighted by atomic mass is 10.1. The summed E-state index contributed by atoms with van der Waals surface area (Å²) in [5.74, 6) is 1.91. The summed E-state index contributed by atoms with van der Waals surface area (Å²) in [5.41, 5.74) is 2.29. The number of ether oxygens (including phenoxy) is 2. The van der Waals surface area contributed by atoms with Gasteiger partial charge in [-0.3, -0.25) is 4.31 Å². The molecule has 0 aliphatic carbocycles. The quantitative estimate of drug-likeness (QED) is 0.614. The van der Waals surface area contributed by atoms with E-state index in [2.05, 4.69) is 20.3 Å². The Kier molecular flexibility index (Phi) is 4.81. The highest BCUT2D eigenvalue weighted by molar-refractivity contribution is 7.93. The third-order valence-electron chi connectivity index (χ3n) is 5.58. The van der Waals surface area contributed by atoms with Crippen LogP contribution in [0.1, 0.15) is 30.5 Å². The minimum absolute atomic E-state index is 0.119. The second kappa shape index (κ2) is 7.52. The number of rotatable bonds is 1. The molecule has 1 atom stereocenters. The Morgan fingerprint density at radius 2 is 1.97 bits per heavy atom. The van der Waals surface area contributed by atoms with Crippen molar-refractivity contribution < 1.29 is 17.9 Å². The molecule has 1 N–H and O–H groups in total. The molecule has 162 valence electrons.